The fraction of sp³-hybridized carbons (Fsp3) is 0.588. The maximum absolute atomic E-state index is 13.0. The van der Waals surface area contributed by atoms with Crippen molar-refractivity contribution >= 4 is 5.78 Å². The van der Waals surface area contributed by atoms with Crippen LogP contribution in [0.1, 0.15) is 36.5 Å². The first-order valence-corrected chi connectivity index (χ1v) is 7.82. The molecule has 3 unspecified atom stereocenters. The minimum Gasteiger partial charge on any atom is -0.299 e. The van der Waals surface area contributed by atoms with Crippen molar-refractivity contribution < 1.29 is 9.18 Å². The summed E-state index contributed by atoms with van der Waals surface area (Å²) >= 11 is 0. The summed E-state index contributed by atoms with van der Waals surface area (Å²) < 4.78 is 13.0. The molecule has 2 heterocycles. The van der Waals surface area contributed by atoms with Gasteiger partial charge in [-0.25, -0.2) is 4.39 Å². The summed E-state index contributed by atoms with van der Waals surface area (Å²) in [5.41, 5.74) is 0.603. The molecule has 1 aromatic carbocycles. The maximum Gasteiger partial charge on any atom is 0.179 e. The summed E-state index contributed by atoms with van der Waals surface area (Å²) in [6, 6.07) is 7.00. The van der Waals surface area contributed by atoms with E-state index in [1.807, 2.05) is 6.92 Å². The van der Waals surface area contributed by atoms with E-state index < -0.39 is 0 Å². The molecule has 3 nitrogen and oxygen atoms in total. The average molecular weight is 290 g/mol. The Kier molecular flexibility index (Phi) is 4.09. The smallest absolute Gasteiger partial charge is 0.179 e. The number of rotatable bonds is 3. The van der Waals surface area contributed by atoms with Gasteiger partial charge in [0.2, 0.25) is 0 Å². The van der Waals surface area contributed by atoms with Crippen LogP contribution < -0.4 is 0 Å². The number of hydrogen-bond acceptors (Lipinski definition) is 3. The molecule has 2 aliphatic rings. The molecular weight excluding hydrogens is 267 g/mol. The van der Waals surface area contributed by atoms with E-state index in [-0.39, 0.29) is 17.6 Å². The molecule has 2 saturated heterocycles. The fourth-order valence-electron chi connectivity index (χ4n) is 3.71. The molecule has 0 N–H and O–H groups in total. The highest BCUT2D eigenvalue weighted by Gasteiger charge is 2.37. The summed E-state index contributed by atoms with van der Waals surface area (Å²) in [5, 5.41) is 0. The number of likely N-dealkylation sites (N-methyl/N-ethyl adjacent to an activating group) is 1. The van der Waals surface area contributed by atoms with E-state index in [1.165, 1.54) is 25.0 Å². The van der Waals surface area contributed by atoms with Crippen molar-refractivity contribution in [2.24, 2.45) is 0 Å². The number of likely N-dealkylation sites (tertiary alicyclic amines) is 1. The molecule has 3 rings (SSSR count). The van der Waals surface area contributed by atoms with Crippen LogP contribution in [0.2, 0.25) is 0 Å². The Morgan fingerprint density at radius 1 is 1.19 bits per heavy atom. The summed E-state index contributed by atoms with van der Waals surface area (Å²) in [4.78, 5) is 17.4. The minimum atomic E-state index is -0.298. The third-order valence-electron chi connectivity index (χ3n) is 5.24. The van der Waals surface area contributed by atoms with Gasteiger partial charge in [0, 0.05) is 30.7 Å². The van der Waals surface area contributed by atoms with E-state index in [9.17, 15) is 9.18 Å². The predicted molar refractivity (Wildman–Crippen MR) is 81.0 cm³/mol. The molecule has 0 radical (unpaired) electrons. The second-order valence-corrected chi connectivity index (χ2v) is 6.38. The van der Waals surface area contributed by atoms with Crippen molar-refractivity contribution in [1.82, 2.24) is 9.80 Å². The van der Waals surface area contributed by atoms with Gasteiger partial charge < -0.3 is 0 Å². The molecule has 0 spiro atoms. The normalized spacial score (nSPS) is 28.3. The van der Waals surface area contributed by atoms with Crippen LogP contribution in [0.25, 0.3) is 0 Å². The Hall–Kier alpha value is -1.26. The molecular formula is C17H23FN2O. The van der Waals surface area contributed by atoms with Crippen molar-refractivity contribution in [3.63, 3.8) is 0 Å². The molecule has 21 heavy (non-hydrogen) atoms. The lowest BCUT2D eigenvalue weighted by molar-refractivity contribution is 0.0824. The Balaban J connectivity index is 1.71. The van der Waals surface area contributed by atoms with E-state index in [4.69, 9.17) is 0 Å². The third-order valence-corrected chi connectivity index (χ3v) is 5.24. The molecule has 2 fully saturated rings. The van der Waals surface area contributed by atoms with Gasteiger partial charge in [-0.3, -0.25) is 14.6 Å². The van der Waals surface area contributed by atoms with E-state index in [1.54, 1.807) is 12.1 Å². The molecule has 0 amide bonds. The summed E-state index contributed by atoms with van der Waals surface area (Å²) in [7, 11) is 2.21. The molecule has 0 aliphatic carbocycles. The first kappa shape index (κ1) is 14.7. The SMILES string of the molecule is CC(C(=O)c1ccc(F)cc1)N1CCC2CCC(C1)N2C. The number of carbonyl (C=O) groups excluding carboxylic acids is 1. The molecule has 4 heteroatoms. The predicted octanol–water partition coefficient (Wildman–Crippen LogP) is 2.57. The van der Waals surface area contributed by atoms with Gasteiger partial charge in [0.25, 0.3) is 0 Å². The molecule has 1 aromatic rings. The Bertz CT molecular complexity index is 516. The van der Waals surface area contributed by atoms with Crippen LogP contribution in [0, 0.1) is 5.82 Å². The van der Waals surface area contributed by atoms with Gasteiger partial charge in [0.15, 0.2) is 5.78 Å². The zero-order chi connectivity index (χ0) is 15.0. The Morgan fingerprint density at radius 3 is 2.57 bits per heavy atom. The van der Waals surface area contributed by atoms with Gasteiger partial charge in [0.1, 0.15) is 5.82 Å². The van der Waals surface area contributed by atoms with Crippen LogP contribution in [0.3, 0.4) is 0 Å². The third kappa shape index (κ3) is 2.87. The number of hydrogen-bond donors (Lipinski definition) is 0. The number of halogens is 1. The second-order valence-electron chi connectivity index (χ2n) is 6.38. The van der Waals surface area contributed by atoms with E-state index in [0.29, 0.717) is 17.6 Å². The molecule has 0 aromatic heterocycles. The van der Waals surface area contributed by atoms with Gasteiger partial charge in [-0.1, -0.05) is 0 Å². The molecule has 3 atom stereocenters. The lowest BCUT2D eigenvalue weighted by Gasteiger charge is -2.30. The number of fused-ring (bicyclic) bond motifs is 2. The largest absolute Gasteiger partial charge is 0.299 e. The van der Waals surface area contributed by atoms with Crippen LogP contribution in [-0.2, 0) is 0 Å². The summed E-state index contributed by atoms with van der Waals surface area (Å²) in [6.45, 7) is 3.91. The zero-order valence-electron chi connectivity index (χ0n) is 12.8. The maximum atomic E-state index is 13.0. The van der Waals surface area contributed by atoms with Crippen molar-refractivity contribution in [3.05, 3.63) is 35.6 Å². The van der Waals surface area contributed by atoms with Crippen LogP contribution in [-0.4, -0.2) is 53.8 Å². The van der Waals surface area contributed by atoms with Crippen molar-refractivity contribution in [1.29, 1.82) is 0 Å². The highest BCUT2D eigenvalue weighted by molar-refractivity contribution is 5.99. The topological polar surface area (TPSA) is 23.6 Å². The Morgan fingerprint density at radius 2 is 1.86 bits per heavy atom. The van der Waals surface area contributed by atoms with Gasteiger partial charge in [-0.15, -0.1) is 0 Å². The molecule has 2 bridgehead atoms. The first-order chi connectivity index (χ1) is 10.1. The van der Waals surface area contributed by atoms with Crippen LogP contribution in [0.5, 0.6) is 0 Å². The second kappa shape index (κ2) is 5.85. The van der Waals surface area contributed by atoms with E-state index in [0.717, 1.165) is 19.5 Å². The summed E-state index contributed by atoms with van der Waals surface area (Å²) in [5.74, 6) is -0.205. The number of carbonyl (C=O) groups is 1. The van der Waals surface area contributed by atoms with Gasteiger partial charge in [0.05, 0.1) is 6.04 Å². The van der Waals surface area contributed by atoms with Gasteiger partial charge in [-0.05, 0) is 57.5 Å². The van der Waals surface area contributed by atoms with Gasteiger partial charge >= 0.3 is 0 Å². The highest BCUT2D eigenvalue weighted by atomic mass is 19.1. The fourth-order valence-corrected chi connectivity index (χ4v) is 3.71. The Labute approximate surface area is 125 Å². The summed E-state index contributed by atoms with van der Waals surface area (Å²) in [6.07, 6.45) is 3.65. The van der Waals surface area contributed by atoms with Crippen LogP contribution in [0.15, 0.2) is 24.3 Å². The standard InChI is InChI=1S/C17H23FN2O/c1-12(17(21)13-3-5-14(18)6-4-13)20-10-9-15-7-8-16(11-20)19(15)2/h3-6,12,15-16H,7-11H2,1-2H3. The average Bonchev–Trinajstić information content (AvgIpc) is 2.71. The van der Waals surface area contributed by atoms with Crippen LogP contribution in [0.4, 0.5) is 4.39 Å². The van der Waals surface area contributed by atoms with Crippen molar-refractivity contribution in [3.8, 4) is 0 Å². The van der Waals surface area contributed by atoms with Crippen molar-refractivity contribution in [2.75, 3.05) is 20.1 Å². The minimum absolute atomic E-state index is 0.0930. The van der Waals surface area contributed by atoms with E-state index in [2.05, 4.69) is 16.8 Å². The number of benzene rings is 1. The zero-order valence-corrected chi connectivity index (χ0v) is 12.8. The molecule has 2 aliphatic heterocycles. The van der Waals surface area contributed by atoms with Gasteiger partial charge in [-0.2, -0.15) is 0 Å². The monoisotopic (exact) mass is 290 g/mol. The van der Waals surface area contributed by atoms with Crippen LogP contribution >= 0.6 is 0 Å². The lowest BCUT2D eigenvalue weighted by Crippen LogP contribution is -2.44. The van der Waals surface area contributed by atoms with E-state index >= 15 is 0 Å². The highest BCUT2D eigenvalue weighted by Crippen LogP contribution is 2.29. The number of nitrogens with zero attached hydrogens (tertiary/aromatic N) is 2. The lowest BCUT2D eigenvalue weighted by atomic mass is 10.0. The molecule has 0 saturated carbocycles. The number of ketones is 1. The quantitative estimate of drug-likeness (QED) is 0.799. The first-order valence-electron chi connectivity index (χ1n) is 7.82. The number of Topliss-reactive ketones (excluding diaryl/α,β-unsaturated/α-hetero) is 1. The van der Waals surface area contributed by atoms with Crippen molar-refractivity contribution in [2.45, 2.75) is 44.3 Å². The molecule has 114 valence electrons.